The number of carbonyl (C=O) groups excluding carboxylic acids is 3. The highest BCUT2D eigenvalue weighted by Gasteiger charge is 2.42. The van der Waals surface area contributed by atoms with Crippen molar-refractivity contribution in [2.45, 2.75) is 18.7 Å². The molecule has 1 amide bonds. The Morgan fingerprint density at radius 1 is 1.07 bits per heavy atom. The molecule has 0 bridgehead atoms. The first kappa shape index (κ1) is 20.5. The lowest BCUT2D eigenvalue weighted by Crippen LogP contribution is -2.36. The van der Waals surface area contributed by atoms with Gasteiger partial charge >= 0.3 is 5.97 Å². The van der Waals surface area contributed by atoms with E-state index < -0.39 is 34.2 Å². The number of fused-ring (bicyclic) bond motifs is 1. The summed E-state index contributed by atoms with van der Waals surface area (Å²) >= 11 is 0. The lowest BCUT2D eigenvalue weighted by atomic mass is 10.0. The van der Waals surface area contributed by atoms with Gasteiger partial charge in [0.15, 0.2) is 5.78 Å². The van der Waals surface area contributed by atoms with E-state index in [2.05, 4.69) is 0 Å². The molecule has 1 aliphatic heterocycles. The second kappa shape index (κ2) is 8.00. The maximum absolute atomic E-state index is 12.9. The van der Waals surface area contributed by atoms with E-state index in [0.29, 0.717) is 9.87 Å². The lowest BCUT2D eigenvalue weighted by molar-refractivity contribution is -0.139. The monoisotopic (exact) mass is 413 g/mol. The van der Waals surface area contributed by atoms with Gasteiger partial charge in [-0.3, -0.25) is 9.59 Å². The standard InChI is InChI=1S/C21H19NO6S/c1-3-28-21(25)17(12-15-9-5-4-8-14(15)2)18(23)13-22-20(24)16-10-6-7-11-19(16)29(22,26)27/h4-12H,3,13H2,1-2H3/b17-12-. The molecule has 29 heavy (non-hydrogen) atoms. The van der Waals surface area contributed by atoms with E-state index in [0.717, 1.165) is 5.56 Å². The van der Waals surface area contributed by atoms with Crippen molar-refractivity contribution < 1.29 is 27.5 Å². The Morgan fingerprint density at radius 2 is 1.72 bits per heavy atom. The van der Waals surface area contributed by atoms with Crippen molar-refractivity contribution in [3.05, 3.63) is 70.8 Å². The number of nitrogens with zero attached hydrogens (tertiary/aromatic N) is 1. The molecule has 0 aliphatic carbocycles. The SMILES string of the molecule is CCOC(=O)/C(=C\c1ccccc1C)C(=O)CN1C(=O)c2ccccc2S1(=O)=O. The van der Waals surface area contributed by atoms with Crippen molar-refractivity contribution in [2.24, 2.45) is 0 Å². The predicted molar refractivity (Wildman–Crippen MR) is 105 cm³/mol. The number of benzene rings is 2. The predicted octanol–water partition coefficient (Wildman–Crippen LogP) is 2.36. The van der Waals surface area contributed by atoms with Crippen LogP contribution in [0.5, 0.6) is 0 Å². The highest BCUT2D eigenvalue weighted by molar-refractivity contribution is 7.90. The largest absolute Gasteiger partial charge is 0.462 e. The molecule has 0 spiro atoms. The van der Waals surface area contributed by atoms with Gasteiger partial charge in [0.05, 0.1) is 12.2 Å². The summed E-state index contributed by atoms with van der Waals surface area (Å²) in [5, 5.41) is 0. The molecule has 7 nitrogen and oxygen atoms in total. The van der Waals surface area contributed by atoms with Gasteiger partial charge in [0.25, 0.3) is 15.9 Å². The first-order chi connectivity index (χ1) is 13.8. The number of carbonyl (C=O) groups is 3. The average Bonchev–Trinajstić information content (AvgIpc) is 2.88. The van der Waals surface area contributed by atoms with Gasteiger partial charge in [-0.15, -0.1) is 0 Å². The van der Waals surface area contributed by atoms with Crippen LogP contribution in [0.3, 0.4) is 0 Å². The number of sulfonamides is 1. The fraction of sp³-hybridized carbons (Fsp3) is 0.190. The van der Waals surface area contributed by atoms with E-state index in [1.54, 1.807) is 25.1 Å². The summed E-state index contributed by atoms with van der Waals surface area (Å²) in [5.41, 5.74) is 1.11. The van der Waals surface area contributed by atoms with Crippen molar-refractivity contribution in [1.29, 1.82) is 0 Å². The first-order valence-electron chi connectivity index (χ1n) is 8.91. The zero-order valence-corrected chi connectivity index (χ0v) is 16.7. The molecule has 0 saturated carbocycles. The maximum atomic E-state index is 12.9. The zero-order chi connectivity index (χ0) is 21.2. The fourth-order valence-electron chi connectivity index (χ4n) is 2.97. The summed E-state index contributed by atoms with van der Waals surface area (Å²) in [5.74, 6) is -2.49. The van der Waals surface area contributed by atoms with Gasteiger partial charge in [0.1, 0.15) is 17.0 Å². The van der Waals surface area contributed by atoms with Crippen LogP contribution in [0.4, 0.5) is 0 Å². The molecular formula is C21H19NO6S. The van der Waals surface area contributed by atoms with Gasteiger partial charge in [-0.05, 0) is 43.2 Å². The van der Waals surface area contributed by atoms with Crippen LogP contribution in [0.2, 0.25) is 0 Å². The van der Waals surface area contributed by atoms with Crippen LogP contribution < -0.4 is 0 Å². The Bertz CT molecular complexity index is 1130. The first-order valence-corrected chi connectivity index (χ1v) is 10.3. The van der Waals surface area contributed by atoms with Crippen LogP contribution in [0.15, 0.2) is 59.0 Å². The molecule has 3 rings (SSSR count). The quantitative estimate of drug-likeness (QED) is 0.312. The fourth-order valence-corrected chi connectivity index (χ4v) is 4.49. The minimum absolute atomic E-state index is 0.000804. The van der Waals surface area contributed by atoms with Gasteiger partial charge in [0.2, 0.25) is 0 Å². The van der Waals surface area contributed by atoms with Crippen molar-refractivity contribution >= 4 is 33.8 Å². The van der Waals surface area contributed by atoms with Gasteiger partial charge in [-0.25, -0.2) is 17.5 Å². The van der Waals surface area contributed by atoms with E-state index in [4.69, 9.17) is 4.74 Å². The molecule has 2 aromatic rings. The third-order valence-electron chi connectivity index (χ3n) is 4.48. The highest BCUT2D eigenvalue weighted by atomic mass is 32.2. The minimum Gasteiger partial charge on any atom is -0.462 e. The Balaban J connectivity index is 1.97. The normalized spacial score (nSPS) is 15.2. The third-order valence-corrected chi connectivity index (χ3v) is 6.27. The summed E-state index contributed by atoms with van der Waals surface area (Å²) in [4.78, 5) is 37.6. The highest BCUT2D eigenvalue weighted by Crippen LogP contribution is 2.30. The summed E-state index contributed by atoms with van der Waals surface area (Å²) in [6, 6.07) is 12.8. The van der Waals surface area contributed by atoms with Crippen molar-refractivity contribution in [3.8, 4) is 0 Å². The molecule has 1 heterocycles. The van der Waals surface area contributed by atoms with E-state index >= 15 is 0 Å². The van der Waals surface area contributed by atoms with Crippen molar-refractivity contribution in [3.63, 3.8) is 0 Å². The Kier molecular flexibility index (Phi) is 5.65. The van der Waals surface area contributed by atoms with Gasteiger partial charge in [0, 0.05) is 0 Å². The Labute approximate surface area is 168 Å². The summed E-state index contributed by atoms with van der Waals surface area (Å²) in [7, 11) is -4.16. The number of amides is 1. The van der Waals surface area contributed by atoms with Crippen LogP contribution in [0, 0.1) is 6.92 Å². The summed E-state index contributed by atoms with van der Waals surface area (Å²) < 4.78 is 30.8. The van der Waals surface area contributed by atoms with Crippen molar-refractivity contribution in [1.82, 2.24) is 4.31 Å². The van der Waals surface area contributed by atoms with Crippen LogP contribution >= 0.6 is 0 Å². The minimum atomic E-state index is -4.16. The second-order valence-electron chi connectivity index (χ2n) is 6.37. The number of hydrogen-bond donors (Lipinski definition) is 0. The number of ketones is 1. The van der Waals surface area contributed by atoms with E-state index in [-0.39, 0.29) is 22.6 Å². The number of rotatable bonds is 6. The Morgan fingerprint density at radius 3 is 2.38 bits per heavy atom. The van der Waals surface area contributed by atoms with Crippen LogP contribution in [0.1, 0.15) is 28.4 Å². The van der Waals surface area contributed by atoms with Gasteiger partial charge in [-0.1, -0.05) is 36.4 Å². The number of Topliss-reactive ketones (excluding diaryl/α,β-unsaturated/α-hetero) is 1. The topological polar surface area (TPSA) is 97.8 Å². The number of aryl methyl sites for hydroxylation is 1. The summed E-state index contributed by atoms with van der Waals surface area (Å²) in [6.45, 7) is 2.67. The Hall–Kier alpha value is -3.26. The van der Waals surface area contributed by atoms with Crippen LogP contribution in [-0.4, -0.2) is 43.5 Å². The lowest BCUT2D eigenvalue weighted by Gasteiger charge is -2.15. The third kappa shape index (κ3) is 3.84. The van der Waals surface area contributed by atoms with Crippen LogP contribution in [-0.2, 0) is 24.3 Å². The average molecular weight is 413 g/mol. The maximum Gasteiger partial charge on any atom is 0.341 e. The smallest absolute Gasteiger partial charge is 0.341 e. The molecule has 150 valence electrons. The second-order valence-corrected chi connectivity index (χ2v) is 8.20. The molecule has 2 aromatic carbocycles. The molecule has 0 fully saturated rings. The van der Waals surface area contributed by atoms with Gasteiger partial charge in [-0.2, -0.15) is 0 Å². The van der Waals surface area contributed by atoms with E-state index in [1.807, 2.05) is 19.1 Å². The number of esters is 1. The molecule has 0 radical (unpaired) electrons. The van der Waals surface area contributed by atoms with Crippen molar-refractivity contribution in [2.75, 3.05) is 13.2 Å². The molecule has 0 N–H and O–H groups in total. The van der Waals surface area contributed by atoms with E-state index in [9.17, 15) is 22.8 Å². The molecule has 0 aromatic heterocycles. The number of ether oxygens (including phenoxy) is 1. The molecule has 0 saturated heterocycles. The van der Waals surface area contributed by atoms with Crippen LogP contribution in [0.25, 0.3) is 6.08 Å². The molecule has 1 aliphatic rings. The molecule has 0 atom stereocenters. The number of hydrogen-bond acceptors (Lipinski definition) is 6. The van der Waals surface area contributed by atoms with E-state index in [1.165, 1.54) is 24.3 Å². The summed E-state index contributed by atoms with van der Waals surface area (Å²) in [6.07, 6.45) is 1.36. The molecule has 0 unspecified atom stereocenters. The van der Waals surface area contributed by atoms with Gasteiger partial charge < -0.3 is 4.74 Å². The zero-order valence-electron chi connectivity index (χ0n) is 15.9. The molecular weight excluding hydrogens is 394 g/mol. The molecule has 8 heteroatoms.